The lowest BCUT2D eigenvalue weighted by Crippen LogP contribution is -2.35. The number of nitrogens with two attached hydrogens (primary N) is 1. The van der Waals surface area contributed by atoms with Crippen LogP contribution in [0.4, 0.5) is 14.5 Å². The number of halogens is 2. The van der Waals surface area contributed by atoms with Crippen molar-refractivity contribution in [2.45, 2.75) is 50.9 Å². The molecule has 0 amide bonds. The van der Waals surface area contributed by atoms with Crippen LogP contribution in [0.15, 0.2) is 17.1 Å². The lowest BCUT2D eigenvalue weighted by molar-refractivity contribution is 0.101. The van der Waals surface area contributed by atoms with Gasteiger partial charge in [-0.15, -0.1) is 0 Å². The number of Topliss-reactive ketones (excluding diaryl/α,β-unsaturated/α-hetero) is 1. The Bertz CT molecular complexity index is 1190. The summed E-state index contributed by atoms with van der Waals surface area (Å²) in [5.41, 5.74) is 7.62. The summed E-state index contributed by atoms with van der Waals surface area (Å²) in [5, 5.41) is 0.150. The smallest absolute Gasteiger partial charge is 0.200 e. The summed E-state index contributed by atoms with van der Waals surface area (Å²) in [6, 6.07) is 0.825. The summed E-state index contributed by atoms with van der Waals surface area (Å²) in [7, 11) is 0. The molecular formula is C23H25F2N3O2. The van der Waals surface area contributed by atoms with E-state index in [0.717, 1.165) is 19.4 Å². The molecule has 2 N–H and O–H groups in total. The van der Waals surface area contributed by atoms with E-state index in [2.05, 4.69) is 4.90 Å². The highest BCUT2D eigenvalue weighted by atomic mass is 19.1. The van der Waals surface area contributed by atoms with Gasteiger partial charge in [-0.1, -0.05) is 0 Å². The second-order valence-corrected chi connectivity index (χ2v) is 9.90. The van der Waals surface area contributed by atoms with Gasteiger partial charge in [0.25, 0.3) is 0 Å². The van der Waals surface area contributed by atoms with Crippen molar-refractivity contribution in [3.63, 3.8) is 0 Å². The van der Waals surface area contributed by atoms with E-state index in [4.69, 9.17) is 5.73 Å². The molecule has 0 radical (unpaired) electrons. The number of pyridine rings is 1. The number of rotatable bonds is 3. The molecule has 1 aliphatic heterocycles. The predicted octanol–water partition coefficient (Wildman–Crippen LogP) is 3.11. The van der Waals surface area contributed by atoms with Gasteiger partial charge in [0.1, 0.15) is 12.0 Å². The molecule has 4 fully saturated rings. The van der Waals surface area contributed by atoms with Crippen LogP contribution in [0.25, 0.3) is 10.9 Å². The first-order valence-electron chi connectivity index (χ1n) is 10.8. The third-order valence-electron chi connectivity index (χ3n) is 8.13. The Labute approximate surface area is 172 Å². The molecule has 5 nitrogen and oxygen atoms in total. The molecule has 6 rings (SSSR count). The van der Waals surface area contributed by atoms with Crippen LogP contribution in [0.1, 0.15) is 48.1 Å². The fourth-order valence-corrected chi connectivity index (χ4v) is 6.40. The Kier molecular flexibility index (Phi) is 3.51. The quantitative estimate of drug-likeness (QED) is 0.786. The van der Waals surface area contributed by atoms with Gasteiger partial charge in [-0.2, -0.15) is 0 Å². The molecule has 1 aromatic heterocycles. The van der Waals surface area contributed by atoms with Gasteiger partial charge in [0, 0.05) is 36.6 Å². The van der Waals surface area contributed by atoms with E-state index in [0.29, 0.717) is 47.5 Å². The van der Waals surface area contributed by atoms with E-state index in [-0.39, 0.29) is 16.5 Å². The van der Waals surface area contributed by atoms with Crippen LogP contribution >= 0.6 is 0 Å². The van der Waals surface area contributed by atoms with Gasteiger partial charge in [-0.25, -0.2) is 8.78 Å². The highest BCUT2D eigenvalue weighted by Crippen LogP contribution is 2.62. The molecule has 2 aromatic rings. The monoisotopic (exact) mass is 413 g/mol. The standard InChI is InChI=1S/C23H25F2N3O2/c1-10-20-14(22(30)15(11(2)29)8-28(20)19-5-17(19)24)4-18(25)21(10)27-7-12-3-13-6-23(13,26)16(12)9-27/h4,8,12-13,16-17,19H,3,5-7,9,26H2,1-2H3/t12?,13?,16?,17-,19+,23+/m0/s1. The number of fused-ring (bicyclic) bond motifs is 4. The molecule has 3 saturated carbocycles. The Morgan fingerprint density at radius 1 is 1.30 bits per heavy atom. The number of aryl methyl sites for hydroxylation is 1. The van der Waals surface area contributed by atoms with Crippen molar-refractivity contribution in [1.82, 2.24) is 4.57 Å². The van der Waals surface area contributed by atoms with Crippen LogP contribution in [-0.2, 0) is 0 Å². The molecule has 3 unspecified atom stereocenters. The lowest BCUT2D eigenvalue weighted by atomic mass is 9.92. The predicted molar refractivity (Wildman–Crippen MR) is 110 cm³/mol. The Morgan fingerprint density at radius 2 is 2.03 bits per heavy atom. The number of aromatic nitrogens is 1. The minimum atomic E-state index is -1.02. The number of carbonyl (C=O) groups excluding carboxylic acids is 1. The average molecular weight is 413 g/mol. The number of hydrogen-bond acceptors (Lipinski definition) is 4. The molecule has 7 heteroatoms. The summed E-state index contributed by atoms with van der Waals surface area (Å²) in [6.45, 7) is 4.58. The first-order valence-corrected chi connectivity index (χ1v) is 10.8. The third-order valence-corrected chi connectivity index (χ3v) is 8.13. The summed E-state index contributed by atoms with van der Waals surface area (Å²) < 4.78 is 31.1. The lowest BCUT2D eigenvalue weighted by Gasteiger charge is -2.25. The fraction of sp³-hybridized carbons (Fsp3) is 0.565. The van der Waals surface area contributed by atoms with Crippen molar-refractivity contribution in [2.24, 2.45) is 23.5 Å². The summed E-state index contributed by atoms with van der Waals surface area (Å²) in [4.78, 5) is 27.0. The zero-order valence-electron chi connectivity index (χ0n) is 17.1. The highest BCUT2D eigenvalue weighted by Gasteiger charge is 2.66. The second-order valence-electron chi connectivity index (χ2n) is 9.90. The highest BCUT2D eigenvalue weighted by molar-refractivity contribution is 5.98. The number of nitrogens with zero attached hydrogens (tertiary/aromatic N) is 2. The number of benzene rings is 1. The number of carbonyl (C=O) groups is 1. The van der Waals surface area contributed by atoms with Crippen molar-refractivity contribution < 1.29 is 13.6 Å². The first kappa shape index (κ1) is 18.5. The van der Waals surface area contributed by atoms with Gasteiger partial charge in [-0.3, -0.25) is 9.59 Å². The van der Waals surface area contributed by atoms with Gasteiger partial charge in [0.05, 0.1) is 22.8 Å². The normalized spacial score (nSPS) is 36.2. The van der Waals surface area contributed by atoms with E-state index in [9.17, 15) is 14.0 Å². The van der Waals surface area contributed by atoms with E-state index in [1.54, 1.807) is 11.5 Å². The van der Waals surface area contributed by atoms with Crippen molar-refractivity contribution >= 4 is 22.4 Å². The van der Waals surface area contributed by atoms with E-state index in [1.165, 1.54) is 19.2 Å². The van der Waals surface area contributed by atoms with E-state index < -0.39 is 29.2 Å². The van der Waals surface area contributed by atoms with Crippen LogP contribution in [0.3, 0.4) is 0 Å². The van der Waals surface area contributed by atoms with Gasteiger partial charge in [0.2, 0.25) is 0 Å². The molecule has 1 aromatic carbocycles. The fourth-order valence-electron chi connectivity index (χ4n) is 6.40. The number of anilines is 1. The minimum absolute atomic E-state index is 0.0197. The topological polar surface area (TPSA) is 68.3 Å². The van der Waals surface area contributed by atoms with Gasteiger partial charge >= 0.3 is 0 Å². The average Bonchev–Trinajstić information content (AvgIpc) is 3.46. The Hall–Kier alpha value is -2.28. The maximum Gasteiger partial charge on any atom is 0.200 e. The molecule has 4 aliphatic rings. The van der Waals surface area contributed by atoms with Crippen molar-refractivity contribution in [3.05, 3.63) is 39.4 Å². The molecule has 0 bridgehead atoms. The Morgan fingerprint density at radius 3 is 2.67 bits per heavy atom. The van der Waals surface area contributed by atoms with E-state index in [1.807, 2.05) is 0 Å². The van der Waals surface area contributed by atoms with Gasteiger partial charge < -0.3 is 15.2 Å². The van der Waals surface area contributed by atoms with Crippen LogP contribution in [0.5, 0.6) is 0 Å². The minimum Gasteiger partial charge on any atom is -0.368 e. The van der Waals surface area contributed by atoms with E-state index >= 15 is 4.39 Å². The molecular weight excluding hydrogens is 388 g/mol. The zero-order valence-corrected chi connectivity index (χ0v) is 17.1. The second kappa shape index (κ2) is 5.69. The number of ketones is 1. The third kappa shape index (κ3) is 2.30. The zero-order chi connectivity index (χ0) is 21.1. The maximum atomic E-state index is 15.4. The summed E-state index contributed by atoms with van der Waals surface area (Å²) in [5.74, 6) is 0.606. The summed E-state index contributed by atoms with van der Waals surface area (Å²) in [6.07, 6.45) is 2.96. The van der Waals surface area contributed by atoms with Gasteiger partial charge in [0.15, 0.2) is 11.2 Å². The van der Waals surface area contributed by atoms with Crippen LogP contribution < -0.4 is 16.1 Å². The Balaban J connectivity index is 1.52. The summed E-state index contributed by atoms with van der Waals surface area (Å²) >= 11 is 0. The largest absolute Gasteiger partial charge is 0.368 e. The SMILES string of the molecule is CC(=O)c1cn([C@@H]2C[C@@H]2F)c2c(C)c(N3CC4CC5C[C@]5(N)C4C3)c(F)cc2c1=O. The molecule has 2 heterocycles. The molecule has 3 aliphatic carbocycles. The molecule has 158 valence electrons. The molecule has 0 spiro atoms. The molecule has 1 saturated heterocycles. The first-order chi connectivity index (χ1) is 14.2. The molecule has 6 atom stereocenters. The number of alkyl halides is 1. The van der Waals surface area contributed by atoms with Crippen molar-refractivity contribution in [3.8, 4) is 0 Å². The maximum absolute atomic E-state index is 15.4. The van der Waals surface area contributed by atoms with Gasteiger partial charge in [-0.05, 0) is 56.1 Å². The van der Waals surface area contributed by atoms with Crippen molar-refractivity contribution in [1.29, 1.82) is 0 Å². The van der Waals surface area contributed by atoms with Crippen LogP contribution in [0, 0.1) is 30.5 Å². The van der Waals surface area contributed by atoms with Crippen LogP contribution in [-0.4, -0.2) is 35.2 Å². The molecule has 30 heavy (non-hydrogen) atoms. The van der Waals surface area contributed by atoms with Crippen LogP contribution in [0.2, 0.25) is 0 Å². The number of hydrogen-bond donors (Lipinski definition) is 1. The van der Waals surface area contributed by atoms with Crippen molar-refractivity contribution in [2.75, 3.05) is 18.0 Å².